The zero-order chi connectivity index (χ0) is 22.5. The number of hydrogen-bond acceptors (Lipinski definition) is 6. The average Bonchev–Trinajstić information content (AvgIpc) is 3.52. The number of thiophene rings is 2. The summed E-state index contributed by atoms with van der Waals surface area (Å²) in [7, 11) is 0. The van der Waals surface area contributed by atoms with Gasteiger partial charge in [-0.05, 0) is 80.8 Å². The molecule has 0 aliphatic carbocycles. The molecule has 0 atom stereocenters. The quantitative estimate of drug-likeness (QED) is 0.145. The van der Waals surface area contributed by atoms with Crippen molar-refractivity contribution in [2.45, 2.75) is 78.1 Å². The predicted molar refractivity (Wildman–Crippen MR) is 153 cm³/mol. The minimum Gasteiger partial charge on any atom is -0.222 e. The molecule has 0 aromatic carbocycles. The number of unbranched alkanes of at least 4 members (excludes halogenated alkanes) is 6. The number of fused-ring (bicyclic) bond motifs is 1. The molecule has 0 N–H and O–H groups in total. The van der Waals surface area contributed by atoms with Gasteiger partial charge in [0, 0.05) is 0 Å². The Hall–Kier alpha value is -0.120. The molecule has 4 aromatic rings. The van der Waals surface area contributed by atoms with Gasteiger partial charge in [-0.1, -0.05) is 75.0 Å². The lowest BCUT2D eigenvalue weighted by molar-refractivity contribution is 0.667. The monoisotopic (exact) mass is 630 g/mol. The van der Waals surface area contributed by atoms with Crippen LogP contribution in [-0.4, -0.2) is 9.97 Å². The van der Waals surface area contributed by atoms with Crippen LogP contribution in [-0.2, 0) is 12.8 Å². The number of thiazole rings is 2. The largest absolute Gasteiger partial charge is 0.222 e. The van der Waals surface area contributed by atoms with Gasteiger partial charge < -0.3 is 0 Å². The smallest absolute Gasteiger partial charge is 0.155 e. The van der Waals surface area contributed by atoms with E-state index in [2.05, 4.69) is 57.8 Å². The summed E-state index contributed by atoms with van der Waals surface area (Å²) in [6.45, 7) is 4.52. The second-order valence-corrected chi connectivity index (χ2v) is 14.8. The molecule has 4 rings (SSSR count). The van der Waals surface area contributed by atoms with Crippen molar-refractivity contribution in [2.75, 3.05) is 0 Å². The van der Waals surface area contributed by atoms with Crippen LogP contribution in [0.1, 0.15) is 76.3 Å². The van der Waals surface area contributed by atoms with Crippen LogP contribution in [0.4, 0.5) is 0 Å². The molecular formula is C24H28Br2N2S4. The van der Waals surface area contributed by atoms with E-state index in [1.165, 1.54) is 79.8 Å². The molecule has 0 saturated heterocycles. The molecule has 32 heavy (non-hydrogen) atoms. The van der Waals surface area contributed by atoms with Crippen LogP contribution in [0, 0.1) is 0 Å². The van der Waals surface area contributed by atoms with Crippen molar-refractivity contribution in [3.05, 3.63) is 30.8 Å². The molecule has 0 aliphatic rings. The first kappa shape index (κ1) is 25.0. The van der Waals surface area contributed by atoms with Gasteiger partial charge in [0.05, 0.1) is 17.3 Å². The highest BCUT2D eigenvalue weighted by Crippen LogP contribution is 2.43. The zero-order valence-corrected chi connectivity index (χ0v) is 24.9. The second kappa shape index (κ2) is 12.0. The highest BCUT2D eigenvalue weighted by molar-refractivity contribution is 9.11. The molecule has 0 unspecified atom stereocenters. The van der Waals surface area contributed by atoms with Crippen molar-refractivity contribution in [1.82, 2.24) is 9.97 Å². The third-order valence-corrected chi connectivity index (χ3v) is 11.8. The van der Waals surface area contributed by atoms with E-state index in [1.807, 2.05) is 0 Å². The van der Waals surface area contributed by atoms with Crippen molar-refractivity contribution in [1.29, 1.82) is 0 Å². The number of aryl methyl sites for hydroxylation is 2. The van der Waals surface area contributed by atoms with Gasteiger partial charge in [-0.15, -0.1) is 22.7 Å². The molecular weight excluding hydrogens is 604 g/mol. The Morgan fingerprint density at radius 2 is 1.06 bits per heavy atom. The maximum Gasteiger partial charge on any atom is 0.155 e. The average molecular weight is 633 g/mol. The lowest BCUT2D eigenvalue weighted by Gasteiger charge is -1.98. The Bertz CT molecular complexity index is 1040. The van der Waals surface area contributed by atoms with Crippen molar-refractivity contribution in [2.24, 2.45) is 0 Å². The van der Waals surface area contributed by atoms with Crippen LogP contribution in [0.3, 0.4) is 0 Å². The molecule has 2 nitrogen and oxygen atoms in total. The highest BCUT2D eigenvalue weighted by Gasteiger charge is 2.18. The maximum absolute atomic E-state index is 4.95. The van der Waals surface area contributed by atoms with Gasteiger partial charge in [0.2, 0.25) is 0 Å². The van der Waals surface area contributed by atoms with Crippen LogP contribution in [0.15, 0.2) is 19.7 Å². The van der Waals surface area contributed by atoms with E-state index in [-0.39, 0.29) is 0 Å². The third-order valence-electron chi connectivity index (χ3n) is 5.51. The Morgan fingerprint density at radius 1 is 0.625 bits per heavy atom. The number of aromatic nitrogens is 2. The zero-order valence-electron chi connectivity index (χ0n) is 18.5. The third kappa shape index (κ3) is 6.11. The first-order valence-electron chi connectivity index (χ1n) is 11.4. The van der Waals surface area contributed by atoms with Crippen molar-refractivity contribution < 1.29 is 0 Å². The number of nitrogens with zero attached hydrogens (tertiary/aromatic N) is 2. The summed E-state index contributed by atoms with van der Waals surface area (Å²) < 4.78 is 2.51. The van der Waals surface area contributed by atoms with Gasteiger partial charge in [0.25, 0.3) is 0 Å². The molecule has 0 aliphatic heterocycles. The van der Waals surface area contributed by atoms with Gasteiger partial charge in [-0.3, -0.25) is 0 Å². The molecule has 0 amide bonds. The van der Waals surface area contributed by atoms with E-state index in [0.717, 1.165) is 32.5 Å². The van der Waals surface area contributed by atoms with Gasteiger partial charge >= 0.3 is 0 Å². The van der Waals surface area contributed by atoms with Crippen LogP contribution in [0.2, 0.25) is 0 Å². The molecule has 4 aromatic heterocycles. The summed E-state index contributed by atoms with van der Waals surface area (Å²) in [5.74, 6) is 0. The van der Waals surface area contributed by atoms with Crippen molar-refractivity contribution >= 4 is 86.9 Å². The lowest BCUT2D eigenvalue weighted by Crippen LogP contribution is -1.83. The summed E-state index contributed by atoms with van der Waals surface area (Å²) in [5, 5.41) is 2.19. The first-order chi connectivity index (χ1) is 15.6. The molecule has 0 bridgehead atoms. The molecule has 0 spiro atoms. The topological polar surface area (TPSA) is 25.8 Å². The first-order valence-corrected chi connectivity index (χ1v) is 16.3. The normalized spacial score (nSPS) is 11.8. The van der Waals surface area contributed by atoms with E-state index in [1.54, 1.807) is 45.3 Å². The summed E-state index contributed by atoms with van der Waals surface area (Å²) in [4.78, 5) is 14.5. The minimum atomic E-state index is 1.06. The number of hydrogen-bond donors (Lipinski definition) is 0. The molecule has 0 fully saturated rings. The molecule has 8 heteroatoms. The fourth-order valence-corrected chi connectivity index (χ4v) is 9.38. The Morgan fingerprint density at radius 3 is 1.47 bits per heavy atom. The van der Waals surface area contributed by atoms with Gasteiger partial charge in [-0.25, -0.2) is 9.97 Å². The number of halogens is 2. The van der Waals surface area contributed by atoms with Gasteiger partial charge in [0.1, 0.15) is 10.0 Å². The Kier molecular flexibility index (Phi) is 9.39. The molecule has 0 radical (unpaired) electrons. The maximum atomic E-state index is 4.95. The standard InChI is InChI=1S/C24H28Br2N2S4/c1-3-5-7-9-11-15-13-17(29-19(15)25)21-27-23-24(31-21)28-22(32-23)18-14-16(20(26)30-18)12-10-8-6-4-2/h13-14H,3-12H2,1-2H3. The van der Waals surface area contributed by atoms with Crippen molar-refractivity contribution in [3.8, 4) is 19.8 Å². The van der Waals surface area contributed by atoms with Crippen LogP contribution >= 0.6 is 77.2 Å². The van der Waals surface area contributed by atoms with Crippen molar-refractivity contribution in [3.63, 3.8) is 0 Å². The number of rotatable bonds is 12. The van der Waals surface area contributed by atoms with E-state index in [9.17, 15) is 0 Å². The fraction of sp³-hybridized carbons (Fsp3) is 0.500. The summed E-state index contributed by atoms with van der Waals surface area (Å²) >= 11 is 14.6. The van der Waals surface area contributed by atoms with E-state index >= 15 is 0 Å². The molecule has 172 valence electrons. The van der Waals surface area contributed by atoms with E-state index in [0.29, 0.717) is 0 Å². The van der Waals surface area contributed by atoms with Gasteiger partial charge in [0.15, 0.2) is 9.66 Å². The minimum absolute atomic E-state index is 1.06. The highest BCUT2D eigenvalue weighted by atomic mass is 79.9. The van der Waals surface area contributed by atoms with E-state index < -0.39 is 0 Å². The second-order valence-electron chi connectivity index (χ2n) is 8.09. The fourth-order valence-electron chi connectivity index (χ4n) is 3.70. The predicted octanol–water partition coefficient (Wildman–Crippen LogP) is 11.0. The lowest BCUT2D eigenvalue weighted by atomic mass is 10.1. The van der Waals surface area contributed by atoms with Gasteiger partial charge in [-0.2, -0.15) is 0 Å². The Balaban J connectivity index is 1.46. The SMILES string of the molecule is CCCCCCc1cc(-c2nc3sc(-c4cc(CCCCCC)c(Br)s4)nc3s2)sc1Br. The Labute approximate surface area is 223 Å². The summed E-state index contributed by atoms with van der Waals surface area (Å²) in [6, 6.07) is 4.65. The van der Waals surface area contributed by atoms with Crippen LogP contribution in [0.25, 0.3) is 29.4 Å². The van der Waals surface area contributed by atoms with Crippen LogP contribution in [0.5, 0.6) is 0 Å². The molecule has 4 heterocycles. The summed E-state index contributed by atoms with van der Waals surface area (Å²) in [6.07, 6.45) is 12.7. The summed E-state index contributed by atoms with van der Waals surface area (Å²) in [5.41, 5.74) is 2.84. The van der Waals surface area contributed by atoms with E-state index in [4.69, 9.17) is 9.97 Å². The van der Waals surface area contributed by atoms with Crippen LogP contribution < -0.4 is 0 Å². The molecule has 0 saturated carbocycles.